The van der Waals surface area contributed by atoms with Crippen LogP contribution in [0.25, 0.3) is 0 Å². The van der Waals surface area contributed by atoms with Gasteiger partial charge in [-0.3, -0.25) is 10.6 Å². The smallest absolute Gasteiger partial charge is 0.211 e. The molecule has 4 N–H and O–H groups in total. The number of benzene rings is 1. The maximum Gasteiger partial charge on any atom is 0.211 e. The standard InChI is InChI=1S/C20H32N6O2S/c1-29(27,28)26-8-5-16(6-9-26)23-19-22-11-15-3-2-4-17(18(15)24-19)25-10-7-20(14-25)12-21-13-20/h2-4,16,19,21-24H,5-14H2,1H3. The predicted molar refractivity (Wildman–Crippen MR) is 115 cm³/mol. The van der Waals surface area contributed by atoms with Gasteiger partial charge in [0, 0.05) is 57.3 Å². The predicted octanol–water partition coefficient (Wildman–Crippen LogP) is 0.299. The van der Waals surface area contributed by atoms with E-state index in [4.69, 9.17) is 0 Å². The molecule has 0 amide bonds. The average molecular weight is 421 g/mol. The van der Waals surface area contributed by atoms with Gasteiger partial charge in [0.2, 0.25) is 10.0 Å². The first-order valence-corrected chi connectivity index (χ1v) is 12.6. The third kappa shape index (κ3) is 3.86. The zero-order valence-corrected chi connectivity index (χ0v) is 17.9. The van der Waals surface area contributed by atoms with Crippen LogP contribution < -0.4 is 26.2 Å². The van der Waals surface area contributed by atoms with Crippen LogP contribution in [-0.2, 0) is 16.6 Å². The summed E-state index contributed by atoms with van der Waals surface area (Å²) in [5.74, 6) is 0. The highest BCUT2D eigenvalue weighted by molar-refractivity contribution is 7.88. The number of hydrogen-bond donors (Lipinski definition) is 4. The Balaban J connectivity index is 1.24. The number of anilines is 2. The second kappa shape index (κ2) is 7.39. The van der Waals surface area contributed by atoms with Gasteiger partial charge in [-0.25, -0.2) is 12.7 Å². The van der Waals surface area contributed by atoms with Crippen LogP contribution in [0.15, 0.2) is 18.2 Å². The quantitative estimate of drug-likeness (QED) is 0.557. The van der Waals surface area contributed by atoms with Gasteiger partial charge in [-0.15, -0.1) is 0 Å². The summed E-state index contributed by atoms with van der Waals surface area (Å²) in [5, 5.41) is 14.3. The first-order valence-electron chi connectivity index (χ1n) is 10.7. The number of nitrogens with one attached hydrogen (secondary N) is 4. The molecule has 0 aromatic heterocycles. The average Bonchev–Trinajstić information content (AvgIpc) is 3.13. The molecule has 1 aromatic carbocycles. The van der Waals surface area contributed by atoms with E-state index in [1.54, 1.807) is 4.31 Å². The minimum atomic E-state index is -3.08. The highest BCUT2D eigenvalue weighted by atomic mass is 32.2. The van der Waals surface area contributed by atoms with Crippen LogP contribution in [0, 0.1) is 5.41 Å². The van der Waals surface area contributed by atoms with Crippen LogP contribution in [0.3, 0.4) is 0 Å². The number of rotatable bonds is 4. The molecule has 9 heteroatoms. The molecule has 0 radical (unpaired) electrons. The van der Waals surface area contributed by atoms with Gasteiger partial charge in [0.25, 0.3) is 0 Å². The number of fused-ring (bicyclic) bond motifs is 1. The molecule has 160 valence electrons. The zero-order chi connectivity index (χ0) is 20.1. The van der Waals surface area contributed by atoms with Crippen LogP contribution >= 0.6 is 0 Å². The van der Waals surface area contributed by atoms with Gasteiger partial charge in [0.05, 0.1) is 17.6 Å². The van der Waals surface area contributed by atoms with E-state index in [2.05, 4.69) is 44.4 Å². The summed E-state index contributed by atoms with van der Waals surface area (Å²) in [7, 11) is -3.08. The third-order valence-electron chi connectivity index (χ3n) is 7.02. The number of sulfonamides is 1. The molecule has 4 aliphatic heterocycles. The number of hydrogen-bond acceptors (Lipinski definition) is 7. The Hall–Kier alpha value is -1.39. The minimum absolute atomic E-state index is 0.000339. The van der Waals surface area contributed by atoms with Gasteiger partial charge in [-0.1, -0.05) is 12.1 Å². The fraction of sp³-hybridized carbons (Fsp3) is 0.700. The second-order valence-electron chi connectivity index (χ2n) is 9.15. The van der Waals surface area contributed by atoms with Crippen molar-refractivity contribution in [2.45, 2.75) is 38.1 Å². The first-order chi connectivity index (χ1) is 13.9. The Kier molecular flexibility index (Phi) is 4.98. The molecule has 0 saturated carbocycles. The highest BCUT2D eigenvalue weighted by Crippen LogP contribution is 2.40. The third-order valence-corrected chi connectivity index (χ3v) is 8.32. The van der Waals surface area contributed by atoms with Crippen molar-refractivity contribution in [1.29, 1.82) is 0 Å². The minimum Gasteiger partial charge on any atom is -0.369 e. The van der Waals surface area contributed by atoms with Crippen molar-refractivity contribution in [3.05, 3.63) is 23.8 Å². The van der Waals surface area contributed by atoms with Crippen LogP contribution in [0.4, 0.5) is 11.4 Å². The van der Waals surface area contributed by atoms with Crippen molar-refractivity contribution in [3.63, 3.8) is 0 Å². The van der Waals surface area contributed by atoms with Gasteiger partial charge in [-0.2, -0.15) is 0 Å². The van der Waals surface area contributed by atoms with Gasteiger partial charge in [0.1, 0.15) is 6.29 Å². The van der Waals surface area contributed by atoms with Gasteiger partial charge >= 0.3 is 0 Å². The van der Waals surface area contributed by atoms with Crippen LogP contribution in [-0.4, -0.2) is 70.6 Å². The number of para-hydroxylation sites is 1. The molecule has 4 heterocycles. The molecule has 5 rings (SSSR count). The Bertz CT molecular complexity index is 864. The molecule has 1 unspecified atom stereocenters. The molecule has 1 atom stereocenters. The van der Waals surface area contributed by atoms with Crippen molar-refractivity contribution in [2.75, 3.05) is 55.7 Å². The van der Waals surface area contributed by atoms with Crippen molar-refractivity contribution in [3.8, 4) is 0 Å². The molecule has 3 fully saturated rings. The van der Waals surface area contributed by atoms with Gasteiger partial charge < -0.3 is 15.5 Å². The van der Waals surface area contributed by atoms with E-state index < -0.39 is 10.0 Å². The van der Waals surface area contributed by atoms with Gasteiger partial charge in [0.15, 0.2) is 0 Å². The Morgan fingerprint density at radius 3 is 2.62 bits per heavy atom. The molecule has 1 aromatic rings. The highest BCUT2D eigenvalue weighted by Gasteiger charge is 2.43. The zero-order valence-electron chi connectivity index (χ0n) is 17.1. The fourth-order valence-corrected chi connectivity index (χ4v) is 6.04. The molecular formula is C20H32N6O2S. The summed E-state index contributed by atoms with van der Waals surface area (Å²) in [6, 6.07) is 6.90. The molecule has 0 aliphatic carbocycles. The second-order valence-corrected chi connectivity index (χ2v) is 11.1. The number of piperidine rings is 1. The van der Waals surface area contributed by atoms with Crippen molar-refractivity contribution in [2.24, 2.45) is 5.41 Å². The molecule has 29 heavy (non-hydrogen) atoms. The Morgan fingerprint density at radius 1 is 1.17 bits per heavy atom. The van der Waals surface area contributed by atoms with E-state index in [-0.39, 0.29) is 6.29 Å². The lowest BCUT2D eigenvalue weighted by Crippen LogP contribution is -2.56. The van der Waals surface area contributed by atoms with Gasteiger partial charge in [-0.05, 0) is 30.9 Å². The fourth-order valence-electron chi connectivity index (χ4n) is 5.17. The lowest BCUT2D eigenvalue weighted by atomic mass is 9.81. The molecule has 8 nitrogen and oxygen atoms in total. The SMILES string of the molecule is CS(=O)(=O)N1CCC(NC2NCc3cccc(N4CCC5(CNC5)C4)c3N2)CC1. The molecule has 4 aliphatic rings. The summed E-state index contributed by atoms with van der Waals surface area (Å²) < 4.78 is 25.0. The van der Waals surface area contributed by atoms with Crippen LogP contribution in [0.1, 0.15) is 24.8 Å². The Labute approximate surface area is 173 Å². The lowest BCUT2D eigenvalue weighted by molar-refractivity contribution is 0.200. The van der Waals surface area contributed by atoms with E-state index in [0.717, 1.165) is 45.6 Å². The number of nitrogens with zero attached hydrogens (tertiary/aromatic N) is 2. The summed E-state index contributed by atoms with van der Waals surface area (Å²) in [6.07, 6.45) is 4.24. The van der Waals surface area contributed by atoms with E-state index in [9.17, 15) is 8.42 Å². The maximum absolute atomic E-state index is 11.7. The molecule has 3 saturated heterocycles. The normalized spacial score (nSPS) is 27.5. The van der Waals surface area contributed by atoms with E-state index in [1.807, 2.05) is 0 Å². The summed E-state index contributed by atoms with van der Waals surface area (Å²) in [4.78, 5) is 2.54. The van der Waals surface area contributed by atoms with E-state index >= 15 is 0 Å². The van der Waals surface area contributed by atoms with E-state index in [1.165, 1.54) is 29.6 Å². The van der Waals surface area contributed by atoms with Crippen LogP contribution in [0.2, 0.25) is 0 Å². The van der Waals surface area contributed by atoms with E-state index in [0.29, 0.717) is 24.5 Å². The molecule has 1 spiro atoms. The lowest BCUT2D eigenvalue weighted by Gasteiger charge is -2.40. The van der Waals surface area contributed by atoms with Crippen molar-refractivity contribution < 1.29 is 8.42 Å². The molecular weight excluding hydrogens is 388 g/mol. The maximum atomic E-state index is 11.7. The molecule has 0 bridgehead atoms. The summed E-state index contributed by atoms with van der Waals surface area (Å²) in [5.41, 5.74) is 4.33. The summed E-state index contributed by atoms with van der Waals surface area (Å²) in [6.45, 7) is 6.55. The Morgan fingerprint density at radius 2 is 1.97 bits per heavy atom. The largest absolute Gasteiger partial charge is 0.369 e. The van der Waals surface area contributed by atoms with Crippen molar-refractivity contribution in [1.82, 2.24) is 20.3 Å². The monoisotopic (exact) mass is 420 g/mol. The first kappa shape index (κ1) is 19.6. The summed E-state index contributed by atoms with van der Waals surface area (Å²) >= 11 is 0. The van der Waals surface area contributed by atoms with Crippen LogP contribution in [0.5, 0.6) is 0 Å². The topological polar surface area (TPSA) is 88.7 Å². The van der Waals surface area contributed by atoms with Crippen molar-refractivity contribution >= 4 is 21.4 Å².